The molecule has 1 aliphatic carbocycles. The Balaban J connectivity index is 2.19. The van der Waals surface area contributed by atoms with Crippen LogP contribution in [0.3, 0.4) is 0 Å². The van der Waals surface area contributed by atoms with Crippen LogP contribution in [0, 0.1) is 5.92 Å². The molecule has 1 saturated carbocycles. The topological polar surface area (TPSA) is 15.3 Å². The first-order valence-electron chi connectivity index (χ1n) is 7.49. The van der Waals surface area contributed by atoms with Crippen molar-refractivity contribution in [3.63, 3.8) is 0 Å². The maximum absolute atomic E-state index is 12.7. The van der Waals surface area contributed by atoms with Crippen molar-refractivity contribution in [3.05, 3.63) is 0 Å². The van der Waals surface area contributed by atoms with Crippen molar-refractivity contribution >= 4 is 0 Å². The summed E-state index contributed by atoms with van der Waals surface area (Å²) in [6, 6.07) is 0.0529. The van der Waals surface area contributed by atoms with Crippen molar-refractivity contribution in [2.45, 2.75) is 58.2 Å². The lowest BCUT2D eigenvalue weighted by atomic mass is 9.85. The van der Waals surface area contributed by atoms with E-state index < -0.39 is 12.1 Å². The third-order valence-electron chi connectivity index (χ3n) is 4.12. The van der Waals surface area contributed by atoms with Gasteiger partial charge in [-0.25, -0.2) is 0 Å². The number of nitrogens with zero attached hydrogens (tertiary/aromatic N) is 1. The lowest BCUT2D eigenvalue weighted by molar-refractivity contribution is -0.183. The minimum atomic E-state index is -4.01. The first-order chi connectivity index (χ1) is 8.97. The molecule has 2 unspecified atom stereocenters. The number of hydrogen-bond acceptors (Lipinski definition) is 2. The standard InChI is InChI=1S/C14H27F3N2/c1-3-19(4-2)10-6-9-18-13-8-5-7-12(11-13)14(15,16)17/h12-13,18H,3-11H2,1-2H3. The number of alkyl halides is 3. The van der Waals surface area contributed by atoms with Gasteiger partial charge in [0.1, 0.15) is 0 Å². The van der Waals surface area contributed by atoms with Gasteiger partial charge >= 0.3 is 6.18 Å². The highest BCUT2D eigenvalue weighted by molar-refractivity contribution is 4.81. The summed E-state index contributed by atoms with van der Waals surface area (Å²) in [6.07, 6.45) is -0.859. The van der Waals surface area contributed by atoms with Gasteiger partial charge in [-0.2, -0.15) is 13.2 Å². The zero-order valence-electron chi connectivity index (χ0n) is 12.1. The molecule has 0 aromatic heterocycles. The summed E-state index contributed by atoms with van der Waals surface area (Å²) in [4.78, 5) is 2.33. The smallest absolute Gasteiger partial charge is 0.314 e. The van der Waals surface area contributed by atoms with E-state index in [0.717, 1.165) is 39.0 Å². The average molecular weight is 280 g/mol. The van der Waals surface area contributed by atoms with E-state index >= 15 is 0 Å². The molecule has 0 aromatic rings. The van der Waals surface area contributed by atoms with Gasteiger partial charge in [-0.15, -0.1) is 0 Å². The van der Waals surface area contributed by atoms with Gasteiger partial charge in [0, 0.05) is 6.04 Å². The van der Waals surface area contributed by atoms with Gasteiger partial charge in [-0.05, 0) is 51.9 Å². The largest absolute Gasteiger partial charge is 0.391 e. The van der Waals surface area contributed by atoms with E-state index in [1.54, 1.807) is 0 Å². The number of hydrogen-bond donors (Lipinski definition) is 1. The van der Waals surface area contributed by atoms with Crippen LogP contribution in [-0.4, -0.2) is 43.3 Å². The van der Waals surface area contributed by atoms with Crippen molar-refractivity contribution < 1.29 is 13.2 Å². The highest BCUT2D eigenvalue weighted by Crippen LogP contribution is 2.37. The fourth-order valence-corrected chi connectivity index (χ4v) is 2.82. The van der Waals surface area contributed by atoms with E-state index in [9.17, 15) is 13.2 Å². The van der Waals surface area contributed by atoms with E-state index in [4.69, 9.17) is 0 Å². The first-order valence-corrected chi connectivity index (χ1v) is 7.49. The van der Waals surface area contributed by atoms with Crippen molar-refractivity contribution in [1.82, 2.24) is 10.2 Å². The molecule has 5 heteroatoms. The molecule has 0 radical (unpaired) electrons. The highest BCUT2D eigenvalue weighted by Gasteiger charge is 2.41. The molecule has 0 bridgehead atoms. The lowest BCUT2D eigenvalue weighted by Gasteiger charge is -2.31. The van der Waals surface area contributed by atoms with Gasteiger partial charge < -0.3 is 10.2 Å². The number of rotatable bonds is 7. The quantitative estimate of drug-likeness (QED) is 0.719. The lowest BCUT2D eigenvalue weighted by Crippen LogP contribution is -2.39. The third kappa shape index (κ3) is 6.13. The Kier molecular flexibility index (Phi) is 7.15. The van der Waals surface area contributed by atoms with Crippen LogP contribution in [0.1, 0.15) is 46.0 Å². The van der Waals surface area contributed by atoms with E-state index in [1.807, 2.05) is 0 Å². The Morgan fingerprint density at radius 3 is 2.42 bits per heavy atom. The van der Waals surface area contributed by atoms with Gasteiger partial charge in [0.25, 0.3) is 0 Å². The van der Waals surface area contributed by atoms with Crippen LogP contribution in [-0.2, 0) is 0 Å². The van der Waals surface area contributed by atoms with Crippen LogP contribution in [0.25, 0.3) is 0 Å². The number of halogens is 3. The van der Waals surface area contributed by atoms with Gasteiger partial charge in [-0.3, -0.25) is 0 Å². The Hall–Kier alpha value is -0.290. The first kappa shape index (κ1) is 16.8. The maximum Gasteiger partial charge on any atom is 0.391 e. The average Bonchev–Trinajstić information content (AvgIpc) is 2.38. The molecule has 0 aliphatic heterocycles. The molecule has 0 aromatic carbocycles. The molecule has 2 atom stereocenters. The molecule has 0 spiro atoms. The number of nitrogens with one attached hydrogen (secondary N) is 1. The molecule has 2 nitrogen and oxygen atoms in total. The molecule has 1 N–H and O–H groups in total. The molecule has 1 rings (SSSR count). The Bertz CT molecular complexity index is 239. The summed E-state index contributed by atoms with van der Waals surface area (Å²) in [7, 11) is 0. The Morgan fingerprint density at radius 2 is 1.84 bits per heavy atom. The predicted molar refractivity (Wildman–Crippen MR) is 72.2 cm³/mol. The zero-order chi connectivity index (χ0) is 14.3. The fraction of sp³-hybridized carbons (Fsp3) is 1.00. The maximum atomic E-state index is 12.7. The predicted octanol–water partition coefficient (Wildman–Crippen LogP) is 3.43. The summed E-state index contributed by atoms with van der Waals surface area (Å²) < 4.78 is 38.0. The van der Waals surface area contributed by atoms with E-state index in [-0.39, 0.29) is 12.5 Å². The molecule has 0 heterocycles. The second kappa shape index (κ2) is 8.10. The highest BCUT2D eigenvalue weighted by atomic mass is 19.4. The van der Waals surface area contributed by atoms with Crippen molar-refractivity contribution in [1.29, 1.82) is 0 Å². The monoisotopic (exact) mass is 280 g/mol. The Morgan fingerprint density at radius 1 is 1.16 bits per heavy atom. The Labute approximate surface area is 114 Å². The zero-order valence-corrected chi connectivity index (χ0v) is 12.1. The van der Waals surface area contributed by atoms with Gasteiger partial charge in [-0.1, -0.05) is 20.3 Å². The van der Waals surface area contributed by atoms with Crippen LogP contribution in [0.2, 0.25) is 0 Å². The molecule has 114 valence electrons. The second-order valence-corrected chi connectivity index (χ2v) is 5.44. The van der Waals surface area contributed by atoms with E-state index in [2.05, 4.69) is 24.1 Å². The second-order valence-electron chi connectivity index (χ2n) is 5.44. The SMILES string of the molecule is CCN(CC)CCCNC1CCCC(C(F)(F)F)C1. The summed E-state index contributed by atoms with van der Waals surface area (Å²) in [5.74, 6) is -1.10. The van der Waals surface area contributed by atoms with Gasteiger partial charge in [0.2, 0.25) is 0 Å². The normalized spacial score (nSPS) is 24.9. The fourth-order valence-electron chi connectivity index (χ4n) is 2.82. The minimum absolute atomic E-state index is 0.0529. The van der Waals surface area contributed by atoms with Crippen LogP contribution >= 0.6 is 0 Å². The molecular formula is C14H27F3N2. The summed E-state index contributed by atoms with van der Waals surface area (Å²) >= 11 is 0. The minimum Gasteiger partial charge on any atom is -0.314 e. The van der Waals surface area contributed by atoms with Crippen LogP contribution < -0.4 is 5.32 Å². The van der Waals surface area contributed by atoms with E-state index in [0.29, 0.717) is 12.8 Å². The summed E-state index contributed by atoms with van der Waals surface area (Å²) in [5, 5.41) is 3.30. The van der Waals surface area contributed by atoms with Gasteiger partial charge in [0.15, 0.2) is 0 Å². The van der Waals surface area contributed by atoms with Crippen molar-refractivity contribution in [2.24, 2.45) is 5.92 Å². The molecule has 1 fully saturated rings. The van der Waals surface area contributed by atoms with Crippen LogP contribution in [0.4, 0.5) is 13.2 Å². The van der Waals surface area contributed by atoms with Gasteiger partial charge in [0.05, 0.1) is 5.92 Å². The van der Waals surface area contributed by atoms with Crippen molar-refractivity contribution in [3.8, 4) is 0 Å². The molecule has 0 saturated heterocycles. The summed E-state index contributed by atoms with van der Waals surface area (Å²) in [6.45, 7) is 8.19. The molecule has 0 amide bonds. The summed E-state index contributed by atoms with van der Waals surface area (Å²) in [5.41, 5.74) is 0. The van der Waals surface area contributed by atoms with Crippen molar-refractivity contribution in [2.75, 3.05) is 26.2 Å². The van der Waals surface area contributed by atoms with E-state index in [1.165, 1.54) is 0 Å². The van der Waals surface area contributed by atoms with Crippen LogP contribution in [0.5, 0.6) is 0 Å². The third-order valence-corrected chi connectivity index (χ3v) is 4.12. The molecular weight excluding hydrogens is 253 g/mol. The van der Waals surface area contributed by atoms with Crippen LogP contribution in [0.15, 0.2) is 0 Å². The molecule has 1 aliphatic rings. The molecule has 19 heavy (non-hydrogen) atoms.